The molecule has 1 aromatic rings. The summed E-state index contributed by atoms with van der Waals surface area (Å²) < 4.78 is 6.22. The van der Waals surface area contributed by atoms with E-state index in [1.165, 1.54) is 4.46 Å². The number of rotatable bonds is 6. The number of esters is 1. The van der Waals surface area contributed by atoms with Gasteiger partial charge in [0.2, 0.25) is 0 Å². The van der Waals surface area contributed by atoms with Crippen LogP contribution < -0.4 is 4.46 Å². The Morgan fingerprint density at radius 3 is 2.33 bits per heavy atom. The van der Waals surface area contributed by atoms with Crippen LogP contribution in [0.4, 0.5) is 0 Å². The normalized spacial score (nSPS) is 14.3. The molecule has 0 saturated carbocycles. The summed E-state index contributed by atoms with van der Waals surface area (Å²) in [6, 6.07) is 10.3. The van der Waals surface area contributed by atoms with E-state index in [0.717, 1.165) is 6.42 Å². The molecule has 0 radical (unpaired) electrons. The van der Waals surface area contributed by atoms with Crippen LogP contribution in [-0.4, -0.2) is 27.5 Å². The third-order valence-electron chi connectivity index (χ3n) is 3.12. The maximum absolute atomic E-state index is 12.3. The van der Waals surface area contributed by atoms with Crippen molar-refractivity contribution in [3.05, 3.63) is 30.3 Å². The summed E-state index contributed by atoms with van der Waals surface area (Å²) in [4.78, 5) is 12.3. The van der Waals surface area contributed by atoms with Crippen LogP contribution >= 0.6 is 0 Å². The molecule has 1 rings (SSSR count). The van der Waals surface area contributed by atoms with Crippen molar-refractivity contribution < 1.29 is 9.53 Å². The molecule has 0 fully saturated rings. The fourth-order valence-corrected chi connectivity index (χ4v) is 4.57. The molecule has 0 aliphatic carbocycles. The van der Waals surface area contributed by atoms with E-state index in [0.29, 0.717) is 12.5 Å². The molecule has 0 aliphatic heterocycles. The second kappa shape index (κ2) is 6.96. The van der Waals surface area contributed by atoms with Crippen molar-refractivity contribution in [1.29, 1.82) is 0 Å². The summed E-state index contributed by atoms with van der Waals surface area (Å²) in [6.45, 7) is 8.64. The van der Waals surface area contributed by atoms with E-state index < -0.39 is 0 Å². The Bertz CT molecular complexity index is 375. The Morgan fingerprint density at radius 2 is 1.89 bits per heavy atom. The summed E-state index contributed by atoms with van der Waals surface area (Å²) in [5, 5.41) is 0. The summed E-state index contributed by atoms with van der Waals surface area (Å²) in [5.41, 5.74) is 0. The molecule has 0 aromatic heterocycles. The third kappa shape index (κ3) is 3.36. The van der Waals surface area contributed by atoms with Gasteiger partial charge in [0.1, 0.15) is 0 Å². The summed E-state index contributed by atoms with van der Waals surface area (Å²) >= 11 is 0.101. The standard InChI is InChI=1S/C15H22O2Se/c1-5-15(12(3)4,14(16)17-6-2)18-13-10-8-7-9-11-13/h7-12H,5-6H2,1-4H3. The number of benzene rings is 1. The molecule has 1 atom stereocenters. The van der Waals surface area contributed by atoms with E-state index in [9.17, 15) is 4.79 Å². The quantitative estimate of drug-likeness (QED) is 0.596. The molecular formula is C15H22O2Se. The molecule has 1 aromatic carbocycles. The Labute approximate surface area is 116 Å². The Kier molecular flexibility index (Phi) is 5.90. The molecule has 0 amide bonds. The molecule has 0 saturated heterocycles. The molecule has 3 heteroatoms. The van der Waals surface area contributed by atoms with Crippen LogP contribution in [-0.2, 0) is 9.53 Å². The van der Waals surface area contributed by atoms with Gasteiger partial charge in [0.25, 0.3) is 0 Å². The first-order valence-electron chi connectivity index (χ1n) is 6.48. The van der Waals surface area contributed by atoms with Gasteiger partial charge in [-0.3, -0.25) is 0 Å². The van der Waals surface area contributed by atoms with Gasteiger partial charge in [0.15, 0.2) is 0 Å². The monoisotopic (exact) mass is 314 g/mol. The van der Waals surface area contributed by atoms with Gasteiger partial charge in [0.05, 0.1) is 0 Å². The average molecular weight is 313 g/mol. The predicted octanol–water partition coefficient (Wildman–Crippen LogP) is 2.80. The zero-order chi connectivity index (χ0) is 13.6. The van der Waals surface area contributed by atoms with E-state index >= 15 is 0 Å². The van der Waals surface area contributed by atoms with Crippen LogP contribution in [0.2, 0.25) is 4.31 Å². The Hall–Kier alpha value is -0.791. The summed E-state index contributed by atoms with van der Waals surface area (Å²) in [7, 11) is 0. The molecule has 0 spiro atoms. The van der Waals surface area contributed by atoms with Crippen LogP contribution in [0, 0.1) is 5.92 Å². The molecule has 0 bridgehead atoms. The molecule has 2 nitrogen and oxygen atoms in total. The van der Waals surface area contributed by atoms with Crippen molar-refractivity contribution in [3.8, 4) is 0 Å². The Morgan fingerprint density at radius 1 is 1.28 bits per heavy atom. The van der Waals surface area contributed by atoms with Crippen molar-refractivity contribution >= 4 is 25.4 Å². The van der Waals surface area contributed by atoms with E-state index in [1.807, 2.05) is 25.1 Å². The molecule has 0 aliphatic rings. The first-order valence-corrected chi connectivity index (χ1v) is 8.19. The molecular weight excluding hydrogens is 291 g/mol. The van der Waals surface area contributed by atoms with E-state index in [4.69, 9.17) is 4.74 Å². The summed E-state index contributed by atoms with van der Waals surface area (Å²) in [5.74, 6) is 0.258. The second-order valence-electron chi connectivity index (χ2n) is 4.53. The number of carbonyl (C=O) groups is 1. The van der Waals surface area contributed by atoms with Crippen LogP contribution in [0.1, 0.15) is 34.1 Å². The van der Waals surface area contributed by atoms with Crippen LogP contribution in [0.15, 0.2) is 30.3 Å². The number of hydrogen-bond acceptors (Lipinski definition) is 2. The van der Waals surface area contributed by atoms with Crippen molar-refractivity contribution in [2.45, 2.75) is 38.4 Å². The third-order valence-corrected chi connectivity index (χ3v) is 6.90. The number of ether oxygens (including phenoxy) is 1. The topological polar surface area (TPSA) is 26.3 Å². The molecule has 0 N–H and O–H groups in total. The zero-order valence-electron chi connectivity index (χ0n) is 11.6. The van der Waals surface area contributed by atoms with Gasteiger partial charge in [-0.1, -0.05) is 0 Å². The number of hydrogen-bond donors (Lipinski definition) is 0. The first-order chi connectivity index (χ1) is 8.56. The van der Waals surface area contributed by atoms with Crippen molar-refractivity contribution in [2.24, 2.45) is 5.92 Å². The van der Waals surface area contributed by atoms with Gasteiger partial charge in [-0.05, 0) is 0 Å². The molecule has 1 unspecified atom stereocenters. The van der Waals surface area contributed by atoms with Crippen molar-refractivity contribution in [3.63, 3.8) is 0 Å². The van der Waals surface area contributed by atoms with Crippen molar-refractivity contribution in [1.82, 2.24) is 0 Å². The van der Waals surface area contributed by atoms with Crippen molar-refractivity contribution in [2.75, 3.05) is 6.61 Å². The SMILES string of the molecule is CCOC(=O)C(CC)([Se]c1ccccc1)C(C)C. The maximum atomic E-state index is 12.3. The molecule has 0 heterocycles. The van der Waals surface area contributed by atoms with Crippen LogP contribution in [0.25, 0.3) is 0 Å². The van der Waals surface area contributed by atoms with E-state index in [-0.39, 0.29) is 25.2 Å². The summed E-state index contributed by atoms with van der Waals surface area (Å²) in [6.07, 6.45) is 0.832. The van der Waals surface area contributed by atoms with Gasteiger partial charge in [0, 0.05) is 0 Å². The van der Waals surface area contributed by atoms with E-state index in [2.05, 4.69) is 32.9 Å². The zero-order valence-corrected chi connectivity index (χ0v) is 13.3. The average Bonchev–Trinajstić information content (AvgIpc) is 2.37. The fraction of sp³-hybridized carbons (Fsp3) is 0.533. The first kappa shape index (κ1) is 15.3. The van der Waals surface area contributed by atoms with Gasteiger partial charge in [-0.15, -0.1) is 0 Å². The van der Waals surface area contributed by atoms with E-state index in [1.54, 1.807) is 0 Å². The van der Waals surface area contributed by atoms with Gasteiger partial charge in [-0.2, -0.15) is 0 Å². The Balaban J connectivity index is 3.01. The minimum absolute atomic E-state index is 0.0358. The molecule has 100 valence electrons. The second-order valence-corrected chi connectivity index (χ2v) is 7.48. The number of carbonyl (C=O) groups excluding carboxylic acids is 1. The molecule has 18 heavy (non-hydrogen) atoms. The van der Waals surface area contributed by atoms with Gasteiger partial charge >= 0.3 is 116 Å². The fourth-order valence-electron chi connectivity index (χ4n) is 1.97. The minimum atomic E-state index is -0.343. The van der Waals surface area contributed by atoms with Crippen LogP contribution in [0.5, 0.6) is 0 Å². The van der Waals surface area contributed by atoms with Crippen LogP contribution in [0.3, 0.4) is 0 Å². The predicted molar refractivity (Wildman–Crippen MR) is 76.3 cm³/mol. The van der Waals surface area contributed by atoms with Gasteiger partial charge in [-0.25, -0.2) is 0 Å². The van der Waals surface area contributed by atoms with Gasteiger partial charge < -0.3 is 0 Å².